The van der Waals surface area contributed by atoms with Gasteiger partial charge in [0, 0.05) is 12.6 Å². The Labute approximate surface area is 97.6 Å². The van der Waals surface area contributed by atoms with Crippen molar-refractivity contribution in [1.29, 1.82) is 0 Å². The van der Waals surface area contributed by atoms with Gasteiger partial charge in [0.2, 0.25) is 5.88 Å². The van der Waals surface area contributed by atoms with Crippen molar-refractivity contribution in [3.63, 3.8) is 0 Å². The fraction of sp³-hybridized carbons (Fsp3) is 0.444. The number of alkyl halides is 6. The summed E-state index contributed by atoms with van der Waals surface area (Å²) in [4.78, 5) is 2.95. The Morgan fingerprint density at radius 2 is 1.72 bits per heavy atom. The molecule has 0 atom stereocenters. The Morgan fingerprint density at radius 1 is 1.11 bits per heavy atom. The maximum atomic E-state index is 12.4. The average Bonchev–Trinajstić information content (AvgIpc) is 2.24. The Bertz CT molecular complexity index is 414. The van der Waals surface area contributed by atoms with E-state index in [0.29, 0.717) is 6.07 Å². The van der Waals surface area contributed by atoms with Crippen LogP contribution in [0.2, 0.25) is 0 Å². The minimum absolute atomic E-state index is 0.0190. The second-order valence-corrected chi connectivity index (χ2v) is 3.30. The van der Waals surface area contributed by atoms with Crippen molar-refractivity contribution in [1.82, 2.24) is 4.98 Å². The molecule has 0 saturated heterocycles. The molecule has 1 heterocycles. The lowest BCUT2D eigenvalue weighted by molar-refractivity contribution is -0.154. The molecule has 0 aromatic carbocycles. The normalized spacial score (nSPS) is 12.6. The molecule has 0 fully saturated rings. The van der Waals surface area contributed by atoms with Crippen molar-refractivity contribution >= 4 is 0 Å². The van der Waals surface area contributed by atoms with Crippen LogP contribution in [0.15, 0.2) is 12.1 Å². The number of hydrogen-bond donors (Lipinski definition) is 1. The second-order valence-electron chi connectivity index (χ2n) is 3.30. The van der Waals surface area contributed by atoms with E-state index in [0.717, 1.165) is 6.07 Å². The van der Waals surface area contributed by atoms with Crippen LogP contribution in [-0.4, -0.2) is 17.8 Å². The van der Waals surface area contributed by atoms with Gasteiger partial charge in [-0.3, -0.25) is 0 Å². The molecule has 0 aliphatic heterocycles. The highest BCUT2D eigenvalue weighted by molar-refractivity contribution is 5.26. The highest BCUT2D eigenvalue weighted by Crippen LogP contribution is 2.30. The molecule has 2 N–H and O–H groups in total. The number of rotatable bonds is 3. The Balaban J connectivity index is 2.98. The number of hydrogen-bond acceptors (Lipinski definition) is 3. The average molecular weight is 274 g/mol. The number of nitrogens with two attached hydrogens (primary N) is 1. The molecule has 18 heavy (non-hydrogen) atoms. The first kappa shape index (κ1) is 14.6. The second kappa shape index (κ2) is 5.01. The first-order valence-corrected chi connectivity index (χ1v) is 4.59. The van der Waals surface area contributed by atoms with Crippen molar-refractivity contribution in [2.24, 2.45) is 5.73 Å². The SMILES string of the molecule is NCc1cc(OCC(F)(F)F)nc(C(F)(F)F)c1. The van der Waals surface area contributed by atoms with E-state index in [-0.39, 0.29) is 12.1 Å². The fourth-order valence-corrected chi connectivity index (χ4v) is 1.05. The van der Waals surface area contributed by atoms with Gasteiger partial charge in [-0.2, -0.15) is 26.3 Å². The van der Waals surface area contributed by atoms with Crippen molar-refractivity contribution < 1.29 is 31.1 Å². The molecule has 3 nitrogen and oxygen atoms in total. The van der Waals surface area contributed by atoms with Crippen LogP contribution in [-0.2, 0) is 12.7 Å². The lowest BCUT2D eigenvalue weighted by Gasteiger charge is -2.12. The van der Waals surface area contributed by atoms with Crippen LogP contribution >= 0.6 is 0 Å². The predicted octanol–water partition coefficient (Wildman–Crippen LogP) is 2.50. The van der Waals surface area contributed by atoms with Crippen LogP contribution in [0.1, 0.15) is 11.3 Å². The van der Waals surface area contributed by atoms with E-state index in [1.165, 1.54) is 0 Å². The summed E-state index contributed by atoms with van der Waals surface area (Å²) < 4.78 is 76.9. The van der Waals surface area contributed by atoms with Gasteiger partial charge in [0.15, 0.2) is 6.61 Å². The number of halogens is 6. The van der Waals surface area contributed by atoms with Gasteiger partial charge in [-0.1, -0.05) is 0 Å². The lowest BCUT2D eigenvalue weighted by Crippen LogP contribution is -2.20. The van der Waals surface area contributed by atoms with E-state index in [2.05, 4.69) is 9.72 Å². The van der Waals surface area contributed by atoms with Crippen LogP contribution in [0, 0.1) is 0 Å². The molecule has 0 radical (unpaired) electrons. The molecule has 0 amide bonds. The standard InChI is InChI=1S/C9H8F6N2O/c10-8(11,12)4-18-7-2-5(3-16)1-6(17-7)9(13,14)15/h1-2H,3-4,16H2. The molecule has 1 aromatic rings. The zero-order chi connectivity index (χ0) is 14.0. The molecular weight excluding hydrogens is 266 g/mol. The molecule has 0 spiro atoms. The van der Waals surface area contributed by atoms with E-state index < -0.39 is 30.5 Å². The maximum Gasteiger partial charge on any atom is 0.433 e. The predicted molar refractivity (Wildman–Crippen MR) is 48.7 cm³/mol. The number of ether oxygens (including phenoxy) is 1. The molecule has 0 saturated carbocycles. The Morgan fingerprint density at radius 3 is 2.17 bits per heavy atom. The Kier molecular flexibility index (Phi) is 4.05. The molecule has 102 valence electrons. The zero-order valence-electron chi connectivity index (χ0n) is 8.77. The molecule has 0 aliphatic carbocycles. The fourth-order valence-electron chi connectivity index (χ4n) is 1.05. The van der Waals surface area contributed by atoms with Gasteiger partial charge in [0.1, 0.15) is 5.69 Å². The third kappa shape index (κ3) is 4.40. The molecule has 1 rings (SSSR count). The molecular formula is C9H8F6N2O. The third-order valence-electron chi connectivity index (χ3n) is 1.77. The summed E-state index contributed by atoms with van der Waals surface area (Å²) in [5, 5.41) is 0. The topological polar surface area (TPSA) is 48.1 Å². The summed E-state index contributed by atoms with van der Waals surface area (Å²) in [5.41, 5.74) is 3.78. The van der Waals surface area contributed by atoms with E-state index in [9.17, 15) is 26.3 Å². The minimum Gasteiger partial charge on any atom is -0.468 e. The van der Waals surface area contributed by atoms with Crippen molar-refractivity contribution in [2.45, 2.75) is 18.9 Å². The first-order valence-electron chi connectivity index (χ1n) is 4.59. The maximum absolute atomic E-state index is 12.4. The summed E-state index contributed by atoms with van der Waals surface area (Å²) in [6, 6.07) is 1.58. The van der Waals surface area contributed by atoms with Gasteiger partial charge >= 0.3 is 12.4 Å². The van der Waals surface area contributed by atoms with Gasteiger partial charge < -0.3 is 10.5 Å². The highest BCUT2D eigenvalue weighted by atomic mass is 19.4. The summed E-state index contributed by atoms with van der Waals surface area (Å²) in [7, 11) is 0. The van der Waals surface area contributed by atoms with Crippen LogP contribution in [0.5, 0.6) is 5.88 Å². The van der Waals surface area contributed by atoms with Crippen LogP contribution in [0.3, 0.4) is 0 Å². The lowest BCUT2D eigenvalue weighted by atomic mass is 10.2. The Hall–Kier alpha value is -1.51. The van der Waals surface area contributed by atoms with E-state index in [1.54, 1.807) is 0 Å². The van der Waals surface area contributed by atoms with Crippen LogP contribution in [0.25, 0.3) is 0 Å². The molecule has 1 aromatic heterocycles. The van der Waals surface area contributed by atoms with Crippen LogP contribution in [0.4, 0.5) is 26.3 Å². The highest BCUT2D eigenvalue weighted by Gasteiger charge is 2.34. The van der Waals surface area contributed by atoms with E-state index in [4.69, 9.17) is 5.73 Å². The number of aromatic nitrogens is 1. The van der Waals surface area contributed by atoms with Gasteiger partial charge in [0.05, 0.1) is 0 Å². The van der Waals surface area contributed by atoms with Gasteiger partial charge in [-0.25, -0.2) is 4.98 Å². The molecule has 9 heteroatoms. The molecule has 0 bridgehead atoms. The van der Waals surface area contributed by atoms with Gasteiger partial charge in [0.25, 0.3) is 0 Å². The van der Waals surface area contributed by atoms with Crippen molar-refractivity contribution in [2.75, 3.05) is 6.61 Å². The monoisotopic (exact) mass is 274 g/mol. The molecule has 0 aliphatic rings. The van der Waals surface area contributed by atoms with Crippen molar-refractivity contribution in [3.8, 4) is 5.88 Å². The van der Waals surface area contributed by atoms with E-state index in [1.807, 2.05) is 0 Å². The van der Waals surface area contributed by atoms with Gasteiger partial charge in [-0.15, -0.1) is 0 Å². The van der Waals surface area contributed by atoms with Crippen LogP contribution < -0.4 is 10.5 Å². The summed E-state index contributed by atoms with van der Waals surface area (Å²) in [5.74, 6) is -0.761. The van der Waals surface area contributed by atoms with E-state index >= 15 is 0 Å². The quantitative estimate of drug-likeness (QED) is 0.861. The number of nitrogens with zero attached hydrogens (tertiary/aromatic N) is 1. The first-order chi connectivity index (χ1) is 8.12. The minimum atomic E-state index is -4.78. The summed E-state index contributed by atoms with van der Waals surface area (Å²) in [6.07, 6.45) is -9.43. The number of pyridine rings is 1. The third-order valence-corrected chi connectivity index (χ3v) is 1.77. The summed E-state index contributed by atoms with van der Waals surface area (Å²) in [6.45, 7) is -1.99. The van der Waals surface area contributed by atoms with Gasteiger partial charge in [-0.05, 0) is 11.6 Å². The molecule has 0 unspecified atom stereocenters. The zero-order valence-corrected chi connectivity index (χ0v) is 8.77. The smallest absolute Gasteiger partial charge is 0.433 e. The summed E-state index contributed by atoms with van der Waals surface area (Å²) >= 11 is 0. The van der Waals surface area contributed by atoms with Crippen molar-refractivity contribution in [3.05, 3.63) is 23.4 Å². The largest absolute Gasteiger partial charge is 0.468 e.